The monoisotopic (exact) mass is 207 g/mol. The van der Waals surface area contributed by atoms with Gasteiger partial charge in [-0.2, -0.15) is 0 Å². The van der Waals surface area contributed by atoms with Gasteiger partial charge in [-0.05, 0) is 42.9 Å². The van der Waals surface area contributed by atoms with Gasteiger partial charge in [0, 0.05) is 6.54 Å². The van der Waals surface area contributed by atoms with Crippen molar-refractivity contribution in [3.05, 3.63) is 35.6 Å². The molecule has 0 aromatic heterocycles. The van der Waals surface area contributed by atoms with Crippen molar-refractivity contribution in [3.8, 4) is 0 Å². The largest absolute Gasteiger partial charge is 0.316 e. The normalized spacial score (nSPS) is 26.5. The highest BCUT2D eigenvalue weighted by molar-refractivity contribution is 5.19. The van der Waals surface area contributed by atoms with Gasteiger partial charge in [-0.3, -0.25) is 0 Å². The third-order valence-electron chi connectivity index (χ3n) is 3.26. The Labute approximate surface area is 90.7 Å². The molecule has 1 atom stereocenters. The van der Waals surface area contributed by atoms with Crippen LogP contribution in [0.3, 0.4) is 0 Å². The van der Waals surface area contributed by atoms with E-state index in [1.165, 1.54) is 12.8 Å². The summed E-state index contributed by atoms with van der Waals surface area (Å²) >= 11 is 0. The molecule has 1 aromatic carbocycles. The van der Waals surface area contributed by atoms with Crippen molar-refractivity contribution in [2.45, 2.75) is 26.2 Å². The quantitative estimate of drug-likeness (QED) is 0.786. The van der Waals surface area contributed by atoms with Crippen LogP contribution in [0.15, 0.2) is 24.3 Å². The topological polar surface area (TPSA) is 12.0 Å². The third-order valence-corrected chi connectivity index (χ3v) is 3.26. The molecule has 0 spiro atoms. The Bertz CT molecular complexity index is 329. The summed E-state index contributed by atoms with van der Waals surface area (Å²) in [5.41, 5.74) is 1.07. The van der Waals surface area contributed by atoms with Crippen LogP contribution in [0, 0.1) is 11.2 Å². The van der Waals surface area contributed by atoms with Crippen molar-refractivity contribution in [3.63, 3.8) is 0 Å². The van der Waals surface area contributed by atoms with Crippen LogP contribution in [0.2, 0.25) is 0 Å². The van der Waals surface area contributed by atoms with Crippen molar-refractivity contribution >= 4 is 0 Å². The number of nitrogens with one attached hydrogen (secondary N) is 1. The fourth-order valence-corrected chi connectivity index (χ4v) is 2.37. The van der Waals surface area contributed by atoms with Crippen LogP contribution in [-0.4, -0.2) is 13.1 Å². The van der Waals surface area contributed by atoms with E-state index >= 15 is 0 Å². The number of piperidine rings is 1. The molecular weight excluding hydrogens is 189 g/mol. The molecule has 0 radical (unpaired) electrons. The fourth-order valence-electron chi connectivity index (χ4n) is 2.37. The second kappa shape index (κ2) is 4.31. The lowest BCUT2D eigenvalue weighted by atomic mass is 9.77. The summed E-state index contributed by atoms with van der Waals surface area (Å²) in [6.45, 7) is 4.35. The van der Waals surface area contributed by atoms with Crippen molar-refractivity contribution in [2.75, 3.05) is 13.1 Å². The van der Waals surface area contributed by atoms with Crippen LogP contribution in [0.5, 0.6) is 0 Å². The van der Waals surface area contributed by atoms with Crippen molar-refractivity contribution in [1.82, 2.24) is 5.32 Å². The molecule has 1 unspecified atom stereocenters. The van der Waals surface area contributed by atoms with E-state index in [9.17, 15) is 4.39 Å². The third kappa shape index (κ3) is 2.57. The molecule has 1 fully saturated rings. The van der Waals surface area contributed by atoms with Gasteiger partial charge < -0.3 is 5.32 Å². The first-order valence-electron chi connectivity index (χ1n) is 5.64. The molecule has 1 saturated heterocycles. The maximum atomic E-state index is 13.5. The van der Waals surface area contributed by atoms with Crippen LogP contribution >= 0.6 is 0 Å². The van der Waals surface area contributed by atoms with Gasteiger partial charge in [0.25, 0.3) is 0 Å². The summed E-state index contributed by atoms with van der Waals surface area (Å²) in [5, 5.41) is 3.39. The van der Waals surface area contributed by atoms with Crippen LogP contribution in [0.1, 0.15) is 25.3 Å². The zero-order valence-corrected chi connectivity index (χ0v) is 9.22. The molecule has 2 heteroatoms. The predicted molar refractivity (Wildman–Crippen MR) is 60.3 cm³/mol. The zero-order chi connectivity index (χ0) is 10.7. The highest BCUT2D eigenvalue weighted by atomic mass is 19.1. The molecule has 1 heterocycles. The smallest absolute Gasteiger partial charge is 0.126 e. The molecule has 1 nitrogen and oxygen atoms in total. The van der Waals surface area contributed by atoms with E-state index < -0.39 is 0 Å². The number of rotatable bonds is 2. The molecule has 0 amide bonds. The van der Waals surface area contributed by atoms with Gasteiger partial charge in [-0.25, -0.2) is 4.39 Å². The lowest BCUT2D eigenvalue weighted by Crippen LogP contribution is -2.39. The Morgan fingerprint density at radius 1 is 1.40 bits per heavy atom. The summed E-state index contributed by atoms with van der Waals surface area (Å²) < 4.78 is 13.5. The first-order chi connectivity index (χ1) is 7.20. The summed E-state index contributed by atoms with van der Waals surface area (Å²) in [5.74, 6) is -0.0655. The molecule has 0 bridgehead atoms. The molecule has 2 rings (SSSR count). The number of halogens is 1. The Hall–Kier alpha value is -0.890. The second-order valence-corrected chi connectivity index (χ2v) is 4.86. The van der Waals surface area contributed by atoms with E-state index in [1.807, 2.05) is 12.1 Å². The molecule has 1 aliphatic rings. The Morgan fingerprint density at radius 3 is 2.87 bits per heavy atom. The van der Waals surface area contributed by atoms with Crippen molar-refractivity contribution in [1.29, 1.82) is 0 Å². The SMILES string of the molecule is CC1(Cc2ccccc2F)CCCNC1. The second-order valence-electron chi connectivity index (χ2n) is 4.86. The minimum Gasteiger partial charge on any atom is -0.316 e. The zero-order valence-electron chi connectivity index (χ0n) is 9.22. The molecule has 0 saturated carbocycles. The average Bonchev–Trinajstić information content (AvgIpc) is 2.22. The predicted octanol–water partition coefficient (Wildman–Crippen LogP) is 2.76. The molecule has 1 N–H and O–H groups in total. The molecular formula is C13H18FN. The summed E-state index contributed by atoms with van der Waals surface area (Å²) in [6, 6.07) is 7.11. The van der Waals surface area contributed by atoms with E-state index in [0.29, 0.717) is 0 Å². The van der Waals surface area contributed by atoms with E-state index in [2.05, 4.69) is 12.2 Å². The fraction of sp³-hybridized carbons (Fsp3) is 0.538. The number of benzene rings is 1. The first-order valence-corrected chi connectivity index (χ1v) is 5.64. The Balaban J connectivity index is 2.10. The number of hydrogen-bond acceptors (Lipinski definition) is 1. The summed E-state index contributed by atoms with van der Waals surface area (Å²) in [4.78, 5) is 0. The molecule has 1 aromatic rings. The number of hydrogen-bond donors (Lipinski definition) is 1. The van der Waals surface area contributed by atoms with Gasteiger partial charge in [0.05, 0.1) is 0 Å². The van der Waals surface area contributed by atoms with Gasteiger partial charge in [-0.15, -0.1) is 0 Å². The molecule has 1 aliphatic heterocycles. The van der Waals surface area contributed by atoms with Crippen molar-refractivity contribution < 1.29 is 4.39 Å². The van der Waals surface area contributed by atoms with Gasteiger partial charge in [0.1, 0.15) is 5.82 Å². The van der Waals surface area contributed by atoms with Gasteiger partial charge in [-0.1, -0.05) is 25.1 Å². The van der Waals surface area contributed by atoms with E-state index in [0.717, 1.165) is 25.1 Å². The minimum atomic E-state index is -0.0655. The lowest BCUT2D eigenvalue weighted by molar-refractivity contribution is 0.232. The van der Waals surface area contributed by atoms with E-state index in [-0.39, 0.29) is 11.2 Å². The maximum absolute atomic E-state index is 13.5. The summed E-state index contributed by atoms with van der Waals surface area (Å²) in [7, 11) is 0. The van der Waals surface area contributed by atoms with Gasteiger partial charge in [0.2, 0.25) is 0 Å². The van der Waals surface area contributed by atoms with Gasteiger partial charge >= 0.3 is 0 Å². The highest BCUT2D eigenvalue weighted by Crippen LogP contribution is 2.30. The average molecular weight is 207 g/mol. The minimum absolute atomic E-state index is 0.0655. The molecule has 82 valence electrons. The maximum Gasteiger partial charge on any atom is 0.126 e. The standard InChI is InChI=1S/C13H18FN/c1-13(7-4-8-15-10-13)9-11-5-2-3-6-12(11)14/h2-3,5-6,15H,4,7-10H2,1H3. The van der Waals surface area contributed by atoms with E-state index in [4.69, 9.17) is 0 Å². The highest BCUT2D eigenvalue weighted by Gasteiger charge is 2.27. The molecule has 0 aliphatic carbocycles. The van der Waals surface area contributed by atoms with Crippen molar-refractivity contribution in [2.24, 2.45) is 5.41 Å². The van der Waals surface area contributed by atoms with Crippen LogP contribution < -0.4 is 5.32 Å². The van der Waals surface area contributed by atoms with E-state index in [1.54, 1.807) is 12.1 Å². The van der Waals surface area contributed by atoms with Crippen LogP contribution in [-0.2, 0) is 6.42 Å². The Morgan fingerprint density at radius 2 is 2.20 bits per heavy atom. The lowest BCUT2D eigenvalue weighted by Gasteiger charge is -2.34. The Kier molecular flexibility index (Phi) is 3.06. The summed E-state index contributed by atoms with van der Waals surface area (Å²) in [6.07, 6.45) is 3.23. The van der Waals surface area contributed by atoms with Crippen LogP contribution in [0.25, 0.3) is 0 Å². The van der Waals surface area contributed by atoms with Gasteiger partial charge in [0.15, 0.2) is 0 Å². The molecule has 15 heavy (non-hydrogen) atoms. The van der Waals surface area contributed by atoms with Crippen LogP contribution in [0.4, 0.5) is 4.39 Å². The first kappa shape index (κ1) is 10.6.